The first kappa shape index (κ1) is 16.4. The van der Waals surface area contributed by atoms with Crippen LogP contribution in [0.1, 0.15) is 38.6 Å². The molecule has 0 bridgehead atoms. The number of carbonyl (C=O) groups is 1. The molecule has 2 heterocycles. The second-order valence-electron chi connectivity index (χ2n) is 2.80. The van der Waals surface area contributed by atoms with Gasteiger partial charge in [-0.25, -0.2) is 14.3 Å². The Hall–Kier alpha value is -1.62. The molecule has 0 aliphatic carbocycles. The fourth-order valence-corrected chi connectivity index (χ4v) is 1.34. The number of rotatable bonds is 2. The average molecular weight is 272 g/mol. The molecule has 0 saturated carbocycles. The maximum atomic E-state index is 11.5. The first-order chi connectivity index (χ1) is 8.22. The maximum Gasteiger partial charge on any atom is 0.343 e. The normalized spacial score (nSPS) is 9.11. The summed E-state index contributed by atoms with van der Waals surface area (Å²) in [6.07, 6.45) is 3.05. The van der Waals surface area contributed by atoms with Crippen molar-refractivity contribution in [3.8, 4) is 0 Å². The Balaban J connectivity index is 0.000000917. The van der Waals surface area contributed by atoms with Crippen LogP contribution in [0, 0.1) is 0 Å². The van der Waals surface area contributed by atoms with Crippen LogP contribution in [0.2, 0.25) is 5.15 Å². The van der Waals surface area contributed by atoms with Crippen LogP contribution in [0.5, 0.6) is 0 Å². The Morgan fingerprint density at radius 1 is 1.50 bits per heavy atom. The molecule has 5 nitrogen and oxygen atoms in total. The van der Waals surface area contributed by atoms with Gasteiger partial charge in [0.2, 0.25) is 0 Å². The monoisotopic (exact) mass is 271 g/mol. The van der Waals surface area contributed by atoms with Gasteiger partial charge in [-0.05, 0) is 13.0 Å². The molecule has 6 heteroatoms. The highest BCUT2D eigenvalue weighted by Gasteiger charge is 2.14. The number of hydrogen-bond donors (Lipinski definition) is 0. The first-order valence-corrected chi connectivity index (χ1v) is 5.77. The predicted octanol–water partition coefficient (Wildman–Crippen LogP) is 3.22. The standard InChI is InChI=1S/C9H8ClN3O2.C2H6.CH4/c1-2-15-9(14)6-5-11-13-4-3-7(10)12-8(6)13;1-2;/h3-5H,2H2,1H3;1-2H3;1H4. The lowest BCUT2D eigenvalue weighted by Gasteiger charge is -1.98. The van der Waals surface area contributed by atoms with Gasteiger partial charge < -0.3 is 4.74 Å². The predicted molar refractivity (Wildman–Crippen MR) is 72.0 cm³/mol. The number of halogens is 1. The smallest absolute Gasteiger partial charge is 0.343 e. The second kappa shape index (κ2) is 7.66. The third-order valence-electron chi connectivity index (χ3n) is 1.83. The molecule has 100 valence electrons. The van der Waals surface area contributed by atoms with Crippen LogP contribution in [0.15, 0.2) is 18.5 Å². The van der Waals surface area contributed by atoms with E-state index in [2.05, 4.69) is 10.1 Å². The maximum absolute atomic E-state index is 11.5. The molecule has 0 unspecified atom stereocenters. The van der Waals surface area contributed by atoms with Crippen molar-refractivity contribution in [1.29, 1.82) is 0 Å². The molecule has 0 fully saturated rings. The minimum Gasteiger partial charge on any atom is -0.462 e. The van der Waals surface area contributed by atoms with Gasteiger partial charge >= 0.3 is 5.97 Å². The van der Waals surface area contributed by atoms with Gasteiger partial charge in [0.05, 0.1) is 12.8 Å². The second-order valence-corrected chi connectivity index (χ2v) is 3.18. The average Bonchev–Trinajstić information content (AvgIpc) is 2.75. The van der Waals surface area contributed by atoms with Crippen molar-refractivity contribution >= 4 is 23.2 Å². The van der Waals surface area contributed by atoms with E-state index in [4.69, 9.17) is 16.3 Å². The zero-order valence-corrected chi connectivity index (χ0v) is 10.7. The lowest BCUT2D eigenvalue weighted by Crippen LogP contribution is -2.04. The molecule has 0 aromatic carbocycles. The summed E-state index contributed by atoms with van der Waals surface area (Å²) in [4.78, 5) is 15.5. The highest BCUT2D eigenvalue weighted by atomic mass is 35.5. The quantitative estimate of drug-likeness (QED) is 0.622. The minimum absolute atomic E-state index is 0. The van der Waals surface area contributed by atoms with Crippen LogP contribution >= 0.6 is 11.6 Å². The summed E-state index contributed by atoms with van der Waals surface area (Å²) in [7, 11) is 0. The molecule has 0 atom stereocenters. The van der Waals surface area contributed by atoms with E-state index in [0.717, 1.165) is 0 Å². The molecule has 0 N–H and O–H groups in total. The summed E-state index contributed by atoms with van der Waals surface area (Å²) < 4.78 is 6.33. The van der Waals surface area contributed by atoms with Gasteiger partial charge in [0.25, 0.3) is 0 Å². The van der Waals surface area contributed by atoms with E-state index in [9.17, 15) is 4.79 Å². The van der Waals surface area contributed by atoms with E-state index in [1.807, 2.05) is 13.8 Å². The molecule has 18 heavy (non-hydrogen) atoms. The van der Waals surface area contributed by atoms with Crippen LogP contribution in [-0.4, -0.2) is 27.2 Å². The van der Waals surface area contributed by atoms with Gasteiger partial charge in [-0.2, -0.15) is 5.10 Å². The summed E-state index contributed by atoms with van der Waals surface area (Å²) in [5.41, 5.74) is 0.723. The summed E-state index contributed by atoms with van der Waals surface area (Å²) >= 11 is 5.72. The van der Waals surface area contributed by atoms with Crippen molar-refractivity contribution in [2.24, 2.45) is 0 Å². The number of esters is 1. The largest absolute Gasteiger partial charge is 0.462 e. The van der Waals surface area contributed by atoms with Crippen molar-refractivity contribution in [3.63, 3.8) is 0 Å². The van der Waals surface area contributed by atoms with Crippen LogP contribution in [-0.2, 0) is 4.74 Å². The molecule has 0 aliphatic rings. The van der Waals surface area contributed by atoms with E-state index in [0.29, 0.717) is 23.0 Å². The van der Waals surface area contributed by atoms with Gasteiger partial charge in [0, 0.05) is 6.20 Å². The highest BCUT2D eigenvalue weighted by molar-refractivity contribution is 6.29. The topological polar surface area (TPSA) is 56.5 Å². The number of fused-ring (bicyclic) bond motifs is 1. The summed E-state index contributed by atoms with van der Waals surface area (Å²) in [6.45, 7) is 6.06. The lowest BCUT2D eigenvalue weighted by molar-refractivity contribution is 0.0528. The number of ether oxygens (including phenoxy) is 1. The molecule has 2 aromatic heterocycles. The fraction of sp³-hybridized carbons (Fsp3) is 0.417. The van der Waals surface area contributed by atoms with Crippen molar-refractivity contribution in [2.75, 3.05) is 6.61 Å². The molecular weight excluding hydrogens is 254 g/mol. The van der Waals surface area contributed by atoms with Crippen LogP contribution in [0.25, 0.3) is 5.65 Å². The summed E-state index contributed by atoms with van der Waals surface area (Å²) in [6, 6.07) is 1.59. The van der Waals surface area contributed by atoms with Crippen molar-refractivity contribution in [2.45, 2.75) is 28.2 Å². The third-order valence-corrected chi connectivity index (χ3v) is 2.04. The Morgan fingerprint density at radius 2 is 2.17 bits per heavy atom. The Labute approximate surface area is 112 Å². The van der Waals surface area contributed by atoms with E-state index in [1.54, 1.807) is 19.2 Å². The number of carbonyl (C=O) groups excluding carboxylic acids is 1. The van der Waals surface area contributed by atoms with Crippen molar-refractivity contribution in [1.82, 2.24) is 14.6 Å². The van der Waals surface area contributed by atoms with Gasteiger partial charge in [-0.15, -0.1) is 0 Å². The van der Waals surface area contributed by atoms with E-state index in [1.165, 1.54) is 10.7 Å². The third kappa shape index (κ3) is 3.43. The van der Waals surface area contributed by atoms with Crippen molar-refractivity contribution < 1.29 is 9.53 Å². The Kier molecular flexibility index (Phi) is 6.97. The van der Waals surface area contributed by atoms with Gasteiger partial charge in [0.1, 0.15) is 10.7 Å². The molecule has 0 spiro atoms. The Bertz CT molecular complexity index is 511. The SMILES string of the molecule is C.CC.CCOC(=O)c1cnn2ccc(Cl)nc12. The lowest BCUT2D eigenvalue weighted by atomic mass is 10.3. The van der Waals surface area contributed by atoms with Crippen LogP contribution in [0.3, 0.4) is 0 Å². The van der Waals surface area contributed by atoms with Gasteiger partial charge in [-0.1, -0.05) is 32.9 Å². The molecule has 2 aromatic rings. The molecule has 0 amide bonds. The Morgan fingerprint density at radius 3 is 2.78 bits per heavy atom. The highest BCUT2D eigenvalue weighted by Crippen LogP contribution is 2.12. The zero-order valence-electron chi connectivity index (χ0n) is 9.98. The number of aromatic nitrogens is 3. The zero-order chi connectivity index (χ0) is 12.8. The van der Waals surface area contributed by atoms with Crippen LogP contribution in [0.4, 0.5) is 0 Å². The summed E-state index contributed by atoms with van der Waals surface area (Å²) in [5, 5.41) is 4.27. The van der Waals surface area contributed by atoms with Gasteiger partial charge in [0.15, 0.2) is 5.65 Å². The molecular formula is C12H18ClN3O2. The van der Waals surface area contributed by atoms with Crippen molar-refractivity contribution in [3.05, 3.63) is 29.2 Å². The first-order valence-electron chi connectivity index (χ1n) is 5.39. The number of hydrogen-bond acceptors (Lipinski definition) is 4. The van der Waals surface area contributed by atoms with E-state index in [-0.39, 0.29) is 7.43 Å². The number of nitrogens with zero attached hydrogens (tertiary/aromatic N) is 3. The van der Waals surface area contributed by atoms with E-state index >= 15 is 0 Å². The molecule has 2 rings (SSSR count). The minimum atomic E-state index is -0.442. The molecule has 0 saturated heterocycles. The van der Waals surface area contributed by atoms with E-state index < -0.39 is 5.97 Å². The summed E-state index contributed by atoms with van der Waals surface area (Å²) in [5.74, 6) is -0.442. The fourth-order valence-electron chi connectivity index (χ4n) is 1.20. The molecule has 0 radical (unpaired) electrons. The van der Waals surface area contributed by atoms with Crippen LogP contribution < -0.4 is 0 Å². The molecule has 0 aliphatic heterocycles. The van der Waals surface area contributed by atoms with Gasteiger partial charge in [-0.3, -0.25) is 0 Å².